The molecule has 0 radical (unpaired) electrons. The zero-order valence-corrected chi connectivity index (χ0v) is 5.95. The van der Waals surface area contributed by atoms with E-state index in [0.717, 1.165) is 0 Å². The molecule has 0 rings (SSSR count). The minimum absolute atomic E-state index is 0. The quantitative estimate of drug-likeness (QED) is 0.230. The van der Waals surface area contributed by atoms with Crippen LogP contribution in [0.15, 0.2) is 0 Å². The topological polar surface area (TPSA) is 95.9 Å². The van der Waals surface area contributed by atoms with Crippen LogP contribution in [-0.4, -0.2) is 46.5 Å². The van der Waals surface area contributed by atoms with Crippen molar-refractivity contribution in [3.8, 4) is 0 Å². The van der Waals surface area contributed by atoms with E-state index in [9.17, 15) is 0 Å². The molecule has 0 bridgehead atoms. The predicted molar refractivity (Wildman–Crippen MR) is 25.7 cm³/mol. The molecular weight excluding hydrogens is 130 g/mol. The van der Waals surface area contributed by atoms with Crippen LogP contribution in [0.5, 0.6) is 0 Å². The Balaban J connectivity index is -0.0000000417. The maximum atomic E-state index is 7.73. The minimum atomic E-state index is -4.35. The second-order valence-electron chi connectivity index (χ2n) is 0.692. The molecule has 0 amide bonds. The van der Waals surface area contributed by atoms with Crippen LogP contribution in [0.3, 0.4) is 0 Å². The van der Waals surface area contributed by atoms with E-state index in [1.54, 1.807) is 0 Å². The van der Waals surface area contributed by atoms with E-state index in [2.05, 4.69) is 10.4 Å². The molecular formula is H7MgNO4Si. The summed E-state index contributed by atoms with van der Waals surface area (Å²) in [4.78, 5) is 23.2. The first-order valence-corrected chi connectivity index (χ1v) is 2.86. The number of hydrogen-bond donors (Lipinski definition) is 4. The van der Waals surface area contributed by atoms with Gasteiger partial charge in [0.05, 0.1) is 0 Å². The molecule has 0 aromatic heterocycles. The van der Waals surface area contributed by atoms with E-state index in [-0.39, 0.29) is 25.9 Å². The van der Waals surface area contributed by atoms with Gasteiger partial charge < -0.3 is 17.2 Å². The monoisotopic (exact) mass is 137 g/mol. The average Bonchev–Trinajstić information content (AvgIpc) is 1.35. The summed E-state index contributed by atoms with van der Waals surface area (Å²) in [5.41, 5.74) is 0. The Hall–Kier alpha value is 0.783. The maximum Gasteiger partial charge on any atom is 2.00 e. The van der Waals surface area contributed by atoms with Crippen molar-refractivity contribution in [2.45, 2.75) is 0 Å². The summed E-state index contributed by atoms with van der Waals surface area (Å²) in [5.74, 6) is 4.12. The molecule has 42 valence electrons. The third kappa shape index (κ3) is 10.8. The summed E-state index contributed by atoms with van der Waals surface area (Å²) in [6, 6.07) is 0. The van der Waals surface area contributed by atoms with Crippen molar-refractivity contribution in [3.05, 3.63) is 0 Å². The summed E-state index contributed by atoms with van der Waals surface area (Å²) in [5, 5.41) is 0. The normalized spacial score (nSPS) is 10.3. The van der Waals surface area contributed by atoms with Crippen LogP contribution in [0.2, 0.25) is 0 Å². The van der Waals surface area contributed by atoms with E-state index >= 15 is 0 Å². The summed E-state index contributed by atoms with van der Waals surface area (Å²) in [6.07, 6.45) is 0. The van der Waals surface area contributed by atoms with Crippen molar-refractivity contribution in [1.29, 1.82) is 0 Å². The number of hydrogen-bond acceptors (Lipinski definition) is 5. The predicted octanol–water partition coefficient (Wildman–Crippen LogP) is -2.87. The molecule has 0 aromatic rings. The fraction of sp³-hybridized carbons (Fsp3) is 0. The number of rotatable bonds is 1. The van der Waals surface area contributed by atoms with E-state index in [1.807, 2.05) is 0 Å². The smallest absolute Gasteiger partial charge is 1.00 e. The van der Waals surface area contributed by atoms with E-state index in [4.69, 9.17) is 14.4 Å². The van der Waals surface area contributed by atoms with Crippen LogP contribution in [0, 0.1) is 0 Å². The van der Waals surface area contributed by atoms with Crippen molar-refractivity contribution in [2.24, 2.45) is 5.90 Å². The van der Waals surface area contributed by atoms with E-state index in [0.29, 0.717) is 0 Å². The van der Waals surface area contributed by atoms with Gasteiger partial charge in [0.2, 0.25) is 0 Å². The molecule has 0 atom stereocenters. The van der Waals surface area contributed by atoms with Crippen molar-refractivity contribution in [2.75, 3.05) is 0 Å². The van der Waals surface area contributed by atoms with Crippen LogP contribution in [0.4, 0.5) is 0 Å². The third-order valence-electron chi connectivity index (χ3n) is 0.158. The molecule has 0 heterocycles. The van der Waals surface area contributed by atoms with Gasteiger partial charge in [-0.1, -0.05) is 0 Å². The Morgan fingerprint density at radius 3 is 1.57 bits per heavy atom. The molecule has 0 aliphatic heterocycles. The SMILES string of the molecule is NO[Si](O)(O)O.[H-].[H-].[Mg+2]. The van der Waals surface area contributed by atoms with Gasteiger partial charge in [0.1, 0.15) is 0 Å². The molecule has 0 aromatic carbocycles. The Kier molecular flexibility index (Phi) is 5.73. The van der Waals surface area contributed by atoms with Crippen LogP contribution in [0.25, 0.3) is 0 Å². The van der Waals surface area contributed by atoms with E-state index in [1.165, 1.54) is 0 Å². The first kappa shape index (κ1) is 10.7. The van der Waals surface area contributed by atoms with Gasteiger partial charge >= 0.3 is 32.1 Å². The van der Waals surface area contributed by atoms with Crippen LogP contribution in [-0.2, 0) is 4.53 Å². The molecule has 5 N–H and O–H groups in total. The summed E-state index contributed by atoms with van der Waals surface area (Å²) in [6.45, 7) is 0. The molecule has 0 saturated heterocycles. The molecule has 0 spiro atoms. The summed E-state index contributed by atoms with van der Waals surface area (Å²) < 4.78 is 3.24. The first-order valence-electron chi connectivity index (χ1n) is 1.11. The van der Waals surface area contributed by atoms with Gasteiger partial charge in [-0.05, 0) is 0 Å². The van der Waals surface area contributed by atoms with Crippen molar-refractivity contribution in [3.63, 3.8) is 0 Å². The third-order valence-corrected chi connectivity index (χ3v) is 0.474. The Morgan fingerprint density at radius 2 is 1.57 bits per heavy atom. The van der Waals surface area contributed by atoms with Crippen molar-refractivity contribution < 1.29 is 21.8 Å². The molecule has 5 nitrogen and oxygen atoms in total. The van der Waals surface area contributed by atoms with Crippen molar-refractivity contribution >= 4 is 32.1 Å². The summed E-state index contributed by atoms with van der Waals surface area (Å²) in [7, 11) is -4.35. The maximum absolute atomic E-state index is 7.73. The Labute approximate surface area is 60.3 Å². The van der Waals surface area contributed by atoms with Gasteiger partial charge in [-0.15, -0.1) is 0 Å². The van der Waals surface area contributed by atoms with E-state index < -0.39 is 9.05 Å². The largest absolute Gasteiger partial charge is 2.00 e. The molecule has 0 unspecified atom stereocenters. The van der Waals surface area contributed by atoms with Crippen molar-refractivity contribution in [1.82, 2.24) is 0 Å². The van der Waals surface area contributed by atoms with Crippen LogP contribution < -0.4 is 5.90 Å². The first-order chi connectivity index (χ1) is 2.56. The molecule has 0 saturated carbocycles. The fourth-order valence-electron chi connectivity index (χ4n) is 0. The summed E-state index contributed by atoms with van der Waals surface area (Å²) >= 11 is 0. The van der Waals surface area contributed by atoms with Crippen LogP contribution >= 0.6 is 0 Å². The van der Waals surface area contributed by atoms with Gasteiger partial charge in [-0.25, -0.2) is 5.90 Å². The molecule has 0 fully saturated rings. The molecule has 0 aliphatic carbocycles. The molecule has 0 aliphatic rings. The Morgan fingerprint density at radius 1 is 1.43 bits per heavy atom. The number of nitrogens with two attached hydrogens (primary N) is 1. The zero-order chi connectivity index (χ0) is 5.21. The minimum Gasteiger partial charge on any atom is -1.00 e. The van der Waals surface area contributed by atoms with Gasteiger partial charge in [0.15, 0.2) is 0 Å². The fourth-order valence-corrected chi connectivity index (χ4v) is 0. The second-order valence-corrected chi connectivity index (χ2v) is 2.08. The van der Waals surface area contributed by atoms with Gasteiger partial charge in [-0.2, -0.15) is 0 Å². The van der Waals surface area contributed by atoms with Gasteiger partial charge in [0.25, 0.3) is 0 Å². The molecule has 7 heteroatoms. The second kappa shape index (κ2) is 3.74. The zero-order valence-electron chi connectivity index (χ0n) is 5.53. The van der Waals surface area contributed by atoms with Crippen LogP contribution in [0.1, 0.15) is 2.85 Å². The average molecular weight is 137 g/mol. The Bertz CT molecular complexity index is 48.3. The van der Waals surface area contributed by atoms with Gasteiger partial charge in [0, 0.05) is 0 Å². The standard InChI is InChI=1S/Mg.H5NO4Si.2H/c;1-5-6(2,3)4;;/h;2-4H,1H2;;/q+2;;2*-1. The molecule has 7 heavy (non-hydrogen) atoms. The van der Waals surface area contributed by atoms with Gasteiger partial charge in [-0.3, -0.25) is 4.53 Å².